The van der Waals surface area contributed by atoms with E-state index in [1.807, 2.05) is 0 Å². The molecule has 0 rings (SSSR count). The van der Waals surface area contributed by atoms with Crippen LogP contribution in [0.5, 0.6) is 0 Å². The number of hydrazone groups is 1. The van der Waals surface area contributed by atoms with Gasteiger partial charge < -0.3 is 22.6 Å². The van der Waals surface area contributed by atoms with Crippen molar-refractivity contribution >= 4 is 11.9 Å². The Bertz CT molecular complexity index is 184. The van der Waals surface area contributed by atoms with Crippen molar-refractivity contribution in [3.8, 4) is 0 Å². The Morgan fingerprint density at radius 2 is 1.79 bits per heavy atom. The van der Waals surface area contributed by atoms with Crippen LogP contribution in [0.4, 0.5) is 0 Å². The summed E-state index contributed by atoms with van der Waals surface area (Å²) in [5.74, 6) is -0.0648. The third-order valence-electron chi connectivity index (χ3n) is 1.27. The molecule has 14 heavy (non-hydrogen) atoms. The van der Waals surface area contributed by atoms with Crippen LogP contribution in [0.3, 0.4) is 0 Å². The maximum atomic E-state index is 6.83. The topological polar surface area (TPSA) is 150 Å². The molecular weight excluding hydrogens is 184 g/mol. The first-order chi connectivity index (χ1) is 6.63. The largest absolute Gasteiger partial charge is 0.369 e. The highest BCUT2D eigenvalue weighted by molar-refractivity contribution is 5.75. The standard InChI is InChI=1S/C6H18N8/c7-5(8)13-11-3-1-2-4-12-14-6(9)10/h11-12H,1-4H2,(H4,7,8,13)(H4,9,10,14). The van der Waals surface area contributed by atoms with E-state index in [1.54, 1.807) is 0 Å². The van der Waals surface area contributed by atoms with Gasteiger partial charge in [0.05, 0.1) is 0 Å². The molecule has 8 nitrogen and oxygen atoms in total. The van der Waals surface area contributed by atoms with E-state index in [1.165, 1.54) is 0 Å². The van der Waals surface area contributed by atoms with Crippen molar-refractivity contribution in [2.45, 2.75) is 12.8 Å². The molecule has 0 heterocycles. The summed E-state index contributed by atoms with van der Waals surface area (Å²) in [5, 5.41) is 10.4. The highest BCUT2D eigenvalue weighted by Gasteiger charge is 1.88. The van der Waals surface area contributed by atoms with Crippen molar-refractivity contribution in [3.63, 3.8) is 0 Å². The Morgan fingerprint density at radius 1 is 1.14 bits per heavy atom. The molecule has 8 heteroatoms. The van der Waals surface area contributed by atoms with Gasteiger partial charge in [0.1, 0.15) is 0 Å². The maximum Gasteiger partial charge on any atom is 0.208 e. The van der Waals surface area contributed by atoms with Crippen LogP contribution >= 0.6 is 0 Å². The fraction of sp³-hybridized carbons (Fsp3) is 0.667. The number of hydrogen-bond donors (Lipinski definition) is 7. The second-order valence-corrected chi connectivity index (χ2v) is 2.62. The molecule has 0 radical (unpaired) electrons. The first-order valence-corrected chi connectivity index (χ1v) is 4.27. The fourth-order valence-electron chi connectivity index (χ4n) is 0.722. The molecule has 0 aliphatic rings. The molecule has 0 amide bonds. The van der Waals surface area contributed by atoms with E-state index in [2.05, 4.69) is 21.4 Å². The zero-order valence-electron chi connectivity index (χ0n) is 8.01. The van der Waals surface area contributed by atoms with E-state index < -0.39 is 0 Å². The Balaban J connectivity index is 3.07. The van der Waals surface area contributed by atoms with Crippen molar-refractivity contribution < 1.29 is 0 Å². The summed E-state index contributed by atoms with van der Waals surface area (Å²) in [6.07, 6.45) is 1.84. The molecule has 0 aromatic heterocycles. The summed E-state index contributed by atoms with van der Waals surface area (Å²) in [6, 6.07) is 0. The summed E-state index contributed by atoms with van der Waals surface area (Å²) in [4.78, 5) is 0. The number of nitrogens with one attached hydrogen (secondary N) is 4. The molecule has 82 valence electrons. The molecule has 0 atom stereocenters. The molecule has 0 aliphatic heterocycles. The molecule has 0 saturated heterocycles. The van der Waals surface area contributed by atoms with Crippen LogP contribution in [0.15, 0.2) is 5.10 Å². The number of rotatable bonds is 7. The summed E-state index contributed by atoms with van der Waals surface area (Å²) >= 11 is 0. The van der Waals surface area contributed by atoms with Gasteiger partial charge in [-0.05, 0) is 12.8 Å². The van der Waals surface area contributed by atoms with Gasteiger partial charge in [0.2, 0.25) is 5.96 Å². The van der Waals surface area contributed by atoms with E-state index in [4.69, 9.17) is 22.6 Å². The van der Waals surface area contributed by atoms with E-state index in [-0.39, 0.29) is 11.9 Å². The van der Waals surface area contributed by atoms with Gasteiger partial charge in [-0.3, -0.25) is 10.8 Å². The van der Waals surface area contributed by atoms with Crippen LogP contribution in [0, 0.1) is 5.41 Å². The van der Waals surface area contributed by atoms with Crippen molar-refractivity contribution in [2.24, 2.45) is 22.3 Å². The smallest absolute Gasteiger partial charge is 0.208 e. The van der Waals surface area contributed by atoms with Gasteiger partial charge in [0, 0.05) is 13.1 Å². The summed E-state index contributed by atoms with van der Waals surface area (Å²) in [6.45, 7) is 1.43. The van der Waals surface area contributed by atoms with Gasteiger partial charge in [-0.1, -0.05) is 0 Å². The van der Waals surface area contributed by atoms with E-state index in [9.17, 15) is 0 Å². The minimum Gasteiger partial charge on any atom is -0.369 e. The summed E-state index contributed by atoms with van der Waals surface area (Å²) in [5.41, 5.74) is 23.2. The second-order valence-electron chi connectivity index (χ2n) is 2.62. The number of nitrogens with two attached hydrogens (primary N) is 3. The quantitative estimate of drug-likeness (QED) is 0.105. The molecule has 10 N–H and O–H groups in total. The average Bonchev–Trinajstić information content (AvgIpc) is 2.08. The zero-order valence-corrected chi connectivity index (χ0v) is 8.01. The third kappa shape index (κ3) is 10.3. The molecular formula is C6H18N8. The fourth-order valence-corrected chi connectivity index (χ4v) is 0.722. The lowest BCUT2D eigenvalue weighted by Gasteiger charge is -2.05. The molecule has 0 aromatic carbocycles. The van der Waals surface area contributed by atoms with Gasteiger partial charge in [-0.15, -0.1) is 5.10 Å². The monoisotopic (exact) mass is 202 g/mol. The van der Waals surface area contributed by atoms with E-state index in [0.29, 0.717) is 6.54 Å². The van der Waals surface area contributed by atoms with Crippen molar-refractivity contribution in [3.05, 3.63) is 0 Å². The second kappa shape index (κ2) is 7.92. The van der Waals surface area contributed by atoms with Crippen molar-refractivity contribution in [2.75, 3.05) is 13.1 Å². The zero-order chi connectivity index (χ0) is 10.8. The minimum atomic E-state index is -0.0939. The first-order valence-electron chi connectivity index (χ1n) is 4.27. The molecule has 0 aliphatic carbocycles. The van der Waals surface area contributed by atoms with Crippen LogP contribution in [-0.2, 0) is 0 Å². The molecule has 0 aromatic rings. The molecule has 0 spiro atoms. The summed E-state index contributed by atoms with van der Waals surface area (Å²) < 4.78 is 0. The highest BCUT2D eigenvalue weighted by atomic mass is 15.4. The maximum absolute atomic E-state index is 6.83. The van der Waals surface area contributed by atoms with Gasteiger partial charge in [-0.2, -0.15) is 0 Å². The molecule has 0 bridgehead atoms. The van der Waals surface area contributed by atoms with Crippen LogP contribution in [0.1, 0.15) is 12.8 Å². The number of unbranched alkanes of at least 4 members (excludes halogenated alkanes) is 1. The molecule has 0 fully saturated rings. The van der Waals surface area contributed by atoms with Crippen LogP contribution in [0.2, 0.25) is 0 Å². The number of hydrogen-bond acceptors (Lipinski definition) is 4. The van der Waals surface area contributed by atoms with Crippen molar-refractivity contribution in [1.82, 2.24) is 16.3 Å². The number of nitrogens with zero attached hydrogens (tertiary/aromatic N) is 1. The Morgan fingerprint density at radius 3 is 2.36 bits per heavy atom. The Labute approximate surface area is 82.8 Å². The van der Waals surface area contributed by atoms with E-state index >= 15 is 0 Å². The number of hydrazine groups is 1. The van der Waals surface area contributed by atoms with E-state index in [0.717, 1.165) is 19.4 Å². The lowest BCUT2D eigenvalue weighted by atomic mass is 10.3. The summed E-state index contributed by atoms with van der Waals surface area (Å²) in [7, 11) is 0. The Kier molecular flexibility index (Phi) is 6.96. The number of guanidine groups is 2. The lowest BCUT2D eigenvalue weighted by molar-refractivity contribution is 0.573. The SMILES string of the molecule is N=C(N)NNCCCCNN=C(N)N. The predicted octanol–water partition coefficient (Wildman–Crippen LogP) is -2.47. The van der Waals surface area contributed by atoms with Crippen LogP contribution in [0.25, 0.3) is 0 Å². The third-order valence-corrected chi connectivity index (χ3v) is 1.27. The predicted molar refractivity (Wildman–Crippen MR) is 56.1 cm³/mol. The first kappa shape index (κ1) is 12.3. The van der Waals surface area contributed by atoms with Crippen molar-refractivity contribution in [1.29, 1.82) is 5.41 Å². The van der Waals surface area contributed by atoms with Crippen LogP contribution < -0.4 is 33.5 Å². The van der Waals surface area contributed by atoms with Gasteiger partial charge in [-0.25, -0.2) is 5.43 Å². The van der Waals surface area contributed by atoms with Gasteiger partial charge in [0.25, 0.3) is 0 Å². The van der Waals surface area contributed by atoms with Gasteiger partial charge >= 0.3 is 0 Å². The van der Waals surface area contributed by atoms with Crippen LogP contribution in [-0.4, -0.2) is 25.0 Å². The average molecular weight is 202 g/mol. The normalized spacial score (nSPS) is 9.14. The minimum absolute atomic E-state index is 0.0290. The Hall–Kier alpha value is -1.70. The molecule has 0 saturated carbocycles. The highest BCUT2D eigenvalue weighted by Crippen LogP contribution is 1.82. The lowest BCUT2D eigenvalue weighted by Crippen LogP contribution is -2.42. The molecule has 0 unspecified atom stereocenters. The van der Waals surface area contributed by atoms with Gasteiger partial charge in [0.15, 0.2) is 5.96 Å².